The van der Waals surface area contributed by atoms with Crippen LogP contribution in [0.2, 0.25) is 0 Å². The predicted octanol–water partition coefficient (Wildman–Crippen LogP) is 7.42. The summed E-state index contributed by atoms with van der Waals surface area (Å²) in [6, 6.07) is 8.95. The SMILES string of the molecule is CC(C)CN(c1cc(F)c(-c2cc(F)ccc2C(=O)O)cc1NC(=O)Nc1ccc2nccn2c1)C1CCCCC1. The molecular weight excluding hydrogens is 528 g/mol. The molecule has 0 aliphatic heterocycles. The van der Waals surface area contributed by atoms with Gasteiger partial charge in [0.1, 0.15) is 17.3 Å². The van der Waals surface area contributed by atoms with Gasteiger partial charge in [0.05, 0.1) is 22.6 Å². The van der Waals surface area contributed by atoms with Crippen LogP contribution in [0.1, 0.15) is 56.3 Å². The molecule has 0 bridgehead atoms. The number of urea groups is 1. The van der Waals surface area contributed by atoms with Crippen LogP contribution in [-0.4, -0.2) is 39.1 Å². The lowest BCUT2D eigenvalue weighted by Crippen LogP contribution is -2.40. The normalized spacial score (nSPS) is 13.9. The van der Waals surface area contributed by atoms with Crippen molar-refractivity contribution in [2.45, 2.75) is 52.0 Å². The van der Waals surface area contributed by atoms with Gasteiger partial charge in [0.2, 0.25) is 0 Å². The summed E-state index contributed by atoms with van der Waals surface area (Å²) in [5.74, 6) is -2.45. The van der Waals surface area contributed by atoms with Crippen LogP contribution in [0.25, 0.3) is 16.8 Å². The zero-order valence-electron chi connectivity index (χ0n) is 23.0. The number of carboxylic acid groups (broad SMARTS) is 1. The molecule has 1 saturated carbocycles. The van der Waals surface area contributed by atoms with Gasteiger partial charge < -0.3 is 25.0 Å². The van der Waals surface area contributed by atoms with Crippen LogP contribution in [-0.2, 0) is 0 Å². The number of hydrogen-bond acceptors (Lipinski definition) is 4. The van der Waals surface area contributed by atoms with E-state index in [2.05, 4.69) is 34.4 Å². The molecule has 2 heterocycles. The van der Waals surface area contributed by atoms with Crippen molar-refractivity contribution >= 4 is 34.7 Å². The smallest absolute Gasteiger partial charge is 0.336 e. The third-order valence-corrected chi connectivity index (χ3v) is 7.37. The number of carboxylic acids is 1. The Morgan fingerprint density at radius 2 is 1.83 bits per heavy atom. The van der Waals surface area contributed by atoms with E-state index in [1.807, 2.05) is 0 Å². The molecule has 214 valence electrons. The Labute approximate surface area is 237 Å². The summed E-state index contributed by atoms with van der Waals surface area (Å²) >= 11 is 0. The summed E-state index contributed by atoms with van der Waals surface area (Å²) in [6.45, 7) is 4.80. The van der Waals surface area contributed by atoms with Crippen molar-refractivity contribution in [2.75, 3.05) is 22.1 Å². The molecule has 2 aromatic carbocycles. The summed E-state index contributed by atoms with van der Waals surface area (Å²) in [7, 11) is 0. The van der Waals surface area contributed by atoms with Gasteiger partial charge in [0.15, 0.2) is 0 Å². The quantitative estimate of drug-likeness (QED) is 0.208. The van der Waals surface area contributed by atoms with E-state index >= 15 is 4.39 Å². The fourth-order valence-electron chi connectivity index (χ4n) is 5.54. The van der Waals surface area contributed by atoms with Crippen molar-refractivity contribution < 1.29 is 23.5 Å². The number of carbonyl (C=O) groups excluding carboxylic acids is 1. The van der Waals surface area contributed by atoms with Gasteiger partial charge in [-0.25, -0.2) is 23.4 Å². The minimum Gasteiger partial charge on any atom is -0.478 e. The predicted molar refractivity (Wildman–Crippen MR) is 156 cm³/mol. The van der Waals surface area contributed by atoms with Crippen molar-refractivity contribution in [3.05, 3.63) is 78.3 Å². The average molecular weight is 562 g/mol. The van der Waals surface area contributed by atoms with Crippen LogP contribution in [0.3, 0.4) is 0 Å². The molecule has 4 aromatic rings. The molecule has 10 heteroatoms. The van der Waals surface area contributed by atoms with E-state index in [0.717, 1.165) is 56.0 Å². The molecule has 2 amide bonds. The lowest BCUT2D eigenvalue weighted by atomic mass is 9.92. The third-order valence-electron chi connectivity index (χ3n) is 7.37. The molecule has 3 N–H and O–H groups in total. The number of pyridine rings is 1. The number of fused-ring (bicyclic) bond motifs is 1. The largest absolute Gasteiger partial charge is 0.478 e. The third kappa shape index (κ3) is 6.32. The minimum absolute atomic E-state index is 0.108. The highest BCUT2D eigenvalue weighted by atomic mass is 19.1. The van der Waals surface area contributed by atoms with E-state index in [9.17, 15) is 19.1 Å². The number of rotatable bonds is 8. The first-order chi connectivity index (χ1) is 19.7. The molecule has 2 aromatic heterocycles. The summed E-state index contributed by atoms with van der Waals surface area (Å²) in [4.78, 5) is 31.5. The second kappa shape index (κ2) is 12.0. The molecule has 0 saturated heterocycles. The van der Waals surface area contributed by atoms with Crippen molar-refractivity contribution in [3.8, 4) is 11.1 Å². The van der Waals surface area contributed by atoms with Crippen molar-refractivity contribution in [2.24, 2.45) is 5.92 Å². The van der Waals surface area contributed by atoms with Gasteiger partial charge in [-0.1, -0.05) is 33.1 Å². The standard InChI is InChI=1S/C31H33F2N5O3/c1-19(2)17-38(22-6-4-3-5-7-22)28-16-26(33)25(24-14-20(32)8-10-23(24)30(39)40)15-27(28)36-31(41)35-21-9-11-29-34-12-13-37(29)18-21/h8-16,18-19,22H,3-7,17H2,1-2H3,(H,39,40)(H2,35,36,41). The zero-order valence-corrected chi connectivity index (χ0v) is 23.0. The van der Waals surface area contributed by atoms with E-state index in [1.54, 1.807) is 35.1 Å². The molecule has 0 spiro atoms. The van der Waals surface area contributed by atoms with Gasteiger partial charge >= 0.3 is 12.0 Å². The monoisotopic (exact) mass is 561 g/mol. The lowest BCUT2D eigenvalue weighted by Gasteiger charge is -2.38. The Kier molecular flexibility index (Phi) is 8.19. The zero-order chi connectivity index (χ0) is 29.1. The maximum Gasteiger partial charge on any atom is 0.336 e. The first kappa shape index (κ1) is 28.1. The highest BCUT2D eigenvalue weighted by Gasteiger charge is 2.27. The first-order valence-electron chi connectivity index (χ1n) is 13.8. The molecule has 41 heavy (non-hydrogen) atoms. The number of aromatic carboxylic acids is 1. The molecule has 8 nitrogen and oxygen atoms in total. The van der Waals surface area contributed by atoms with Crippen LogP contribution in [0.4, 0.5) is 30.6 Å². The maximum atomic E-state index is 15.9. The maximum absolute atomic E-state index is 15.9. The second-order valence-electron chi connectivity index (χ2n) is 10.9. The summed E-state index contributed by atoms with van der Waals surface area (Å²) in [5, 5.41) is 15.4. The number of aromatic nitrogens is 2. The molecule has 1 fully saturated rings. The molecule has 1 aliphatic rings. The van der Waals surface area contributed by atoms with Crippen molar-refractivity contribution in [3.63, 3.8) is 0 Å². The van der Waals surface area contributed by atoms with Gasteiger partial charge in [-0.15, -0.1) is 0 Å². The van der Waals surface area contributed by atoms with Crippen LogP contribution in [0.15, 0.2) is 61.1 Å². The number of nitrogens with one attached hydrogen (secondary N) is 2. The van der Waals surface area contributed by atoms with E-state index in [4.69, 9.17) is 0 Å². The Morgan fingerprint density at radius 3 is 2.56 bits per heavy atom. The van der Waals surface area contributed by atoms with Crippen LogP contribution in [0.5, 0.6) is 0 Å². The lowest BCUT2D eigenvalue weighted by molar-refractivity contribution is 0.0697. The highest BCUT2D eigenvalue weighted by Crippen LogP contribution is 2.39. The van der Waals surface area contributed by atoms with Gasteiger partial charge in [0, 0.05) is 42.3 Å². The Hall–Kier alpha value is -4.47. The molecule has 0 unspecified atom stereocenters. The van der Waals surface area contributed by atoms with E-state index in [0.29, 0.717) is 23.6 Å². The van der Waals surface area contributed by atoms with Gasteiger partial charge in [-0.2, -0.15) is 0 Å². The number of benzene rings is 2. The van der Waals surface area contributed by atoms with E-state index in [1.165, 1.54) is 12.1 Å². The van der Waals surface area contributed by atoms with Crippen molar-refractivity contribution in [1.82, 2.24) is 9.38 Å². The minimum atomic E-state index is -1.31. The number of amides is 2. The van der Waals surface area contributed by atoms with Gasteiger partial charge in [0.25, 0.3) is 0 Å². The van der Waals surface area contributed by atoms with Crippen LogP contribution in [0, 0.1) is 17.6 Å². The Balaban J connectivity index is 1.58. The van der Waals surface area contributed by atoms with E-state index in [-0.39, 0.29) is 28.7 Å². The van der Waals surface area contributed by atoms with Gasteiger partial charge in [-0.3, -0.25) is 0 Å². The number of imidazole rings is 1. The first-order valence-corrected chi connectivity index (χ1v) is 13.8. The fraction of sp³-hybridized carbons (Fsp3) is 0.323. The summed E-state index contributed by atoms with van der Waals surface area (Å²) < 4.78 is 31.9. The number of hydrogen-bond donors (Lipinski definition) is 3. The fourth-order valence-corrected chi connectivity index (χ4v) is 5.54. The summed E-state index contributed by atoms with van der Waals surface area (Å²) in [6.07, 6.45) is 10.3. The highest BCUT2D eigenvalue weighted by molar-refractivity contribution is 6.03. The molecular formula is C31H33F2N5O3. The Bertz CT molecular complexity index is 1580. The number of halogens is 2. The van der Waals surface area contributed by atoms with Crippen LogP contribution < -0.4 is 15.5 Å². The Morgan fingerprint density at radius 1 is 1.05 bits per heavy atom. The van der Waals surface area contributed by atoms with Gasteiger partial charge in [-0.05, 0) is 61.2 Å². The molecule has 0 atom stereocenters. The van der Waals surface area contributed by atoms with Crippen molar-refractivity contribution in [1.29, 1.82) is 0 Å². The topological polar surface area (TPSA) is 99.0 Å². The summed E-state index contributed by atoms with van der Waals surface area (Å²) in [5.41, 5.74) is 1.57. The number of anilines is 3. The molecule has 1 aliphatic carbocycles. The molecule has 5 rings (SSSR count). The van der Waals surface area contributed by atoms with Crippen LogP contribution >= 0.6 is 0 Å². The molecule has 0 radical (unpaired) electrons. The second-order valence-corrected chi connectivity index (χ2v) is 10.9. The average Bonchev–Trinajstić information content (AvgIpc) is 3.41. The number of carbonyl (C=O) groups is 2. The van der Waals surface area contributed by atoms with E-state index < -0.39 is 23.6 Å². The number of nitrogens with zero attached hydrogens (tertiary/aromatic N) is 3.